The number of halogens is 5. The first kappa shape index (κ1) is 21.0. The number of aryl methyl sites for hydroxylation is 1. The molecule has 30 heavy (non-hydrogen) atoms. The fourth-order valence-electron chi connectivity index (χ4n) is 2.72. The molecule has 0 aliphatic carbocycles. The van der Waals surface area contributed by atoms with Crippen molar-refractivity contribution in [1.29, 1.82) is 0 Å². The second-order valence-electron chi connectivity index (χ2n) is 6.11. The molecule has 0 saturated carbocycles. The van der Waals surface area contributed by atoms with E-state index in [1.807, 2.05) is 5.32 Å². The smallest absolute Gasteiger partial charge is 0.307 e. The second kappa shape index (κ2) is 8.31. The van der Waals surface area contributed by atoms with Gasteiger partial charge in [0.15, 0.2) is 17.5 Å². The third-order valence-electron chi connectivity index (χ3n) is 4.01. The number of amides is 3. The molecule has 0 aliphatic rings. The summed E-state index contributed by atoms with van der Waals surface area (Å²) >= 11 is 0. The first-order valence-corrected chi connectivity index (χ1v) is 8.35. The van der Waals surface area contributed by atoms with Crippen LogP contribution in [0.5, 0.6) is 0 Å². The van der Waals surface area contributed by atoms with Crippen LogP contribution < -0.4 is 10.6 Å². The van der Waals surface area contributed by atoms with Crippen molar-refractivity contribution >= 4 is 17.6 Å². The molecule has 3 amide bonds. The van der Waals surface area contributed by atoms with Crippen molar-refractivity contribution < 1.29 is 31.5 Å². The molecule has 0 spiro atoms. The van der Waals surface area contributed by atoms with Crippen molar-refractivity contribution in [2.75, 3.05) is 5.32 Å². The summed E-state index contributed by atoms with van der Waals surface area (Å²) in [6, 6.07) is 6.17. The number of aromatic nitrogens is 2. The summed E-state index contributed by atoms with van der Waals surface area (Å²) < 4.78 is 67.3. The van der Waals surface area contributed by atoms with Gasteiger partial charge in [0.2, 0.25) is 0 Å². The Hall–Kier alpha value is -3.76. The van der Waals surface area contributed by atoms with Gasteiger partial charge in [0, 0.05) is 18.8 Å². The van der Waals surface area contributed by atoms with Crippen LogP contribution in [0.3, 0.4) is 0 Å². The van der Waals surface area contributed by atoms with Crippen LogP contribution in [0, 0.1) is 17.5 Å². The van der Waals surface area contributed by atoms with E-state index in [0.29, 0.717) is 0 Å². The fraction of sp³-hybridized carbons (Fsp3) is 0.105. The highest BCUT2D eigenvalue weighted by atomic mass is 19.3. The summed E-state index contributed by atoms with van der Waals surface area (Å²) in [5, 5.41) is 7.65. The van der Waals surface area contributed by atoms with Crippen molar-refractivity contribution in [2.24, 2.45) is 7.05 Å². The van der Waals surface area contributed by atoms with Crippen LogP contribution in [0.25, 0.3) is 11.1 Å². The first-order chi connectivity index (χ1) is 14.2. The van der Waals surface area contributed by atoms with Crippen LogP contribution in [0.4, 0.5) is 32.4 Å². The Labute approximate surface area is 166 Å². The summed E-state index contributed by atoms with van der Waals surface area (Å²) in [6.45, 7) is 0. The third-order valence-corrected chi connectivity index (χ3v) is 4.01. The van der Waals surface area contributed by atoms with E-state index in [9.17, 15) is 31.5 Å². The quantitative estimate of drug-likeness (QED) is 0.482. The molecule has 0 radical (unpaired) electrons. The zero-order chi connectivity index (χ0) is 22.0. The molecule has 6 nitrogen and oxygen atoms in total. The van der Waals surface area contributed by atoms with E-state index in [1.54, 1.807) is 0 Å². The van der Waals surface area contributed by atoms with Crippen molar-refractivity contribution in [3.05, 3.63) is 71.3 Å². The van der Waals surface area contributed by atoms with E-state index in [1.165, 1.54) is 31.3 Å². The number of nitrogens with one attached hydrogen (secondary N) is 2. The van der Waals surface area contributed by atoms with E-state index in [2.05, 4.69) is 10.4 Å². The maximum Gasteiger partial charge on any atom is 0.326 e. The Balaban J connectivity index is 1.83. The molecule has 3 aromatic rings. The Bertz CT molecular complexity index is 1110. The van der Waals surface area contributed by atoms with E-state index in [-0.39, 0.29) is 16.8 Å². The highest BCUT2D eigenvalue weighted by Crippen LogP contribution is 2.30. The largest absolute Gasteiger partial charge is 0.326 e. The van der Waals surface area contributed by atoms with E-state index >= 15 is 0 Å². The van der Waals surface area contributed by atoms with E-state index < -0.39 is 47.1 Å². The topological polar surface area (TPSA) is 76.0 Å². The lowest BCUT2D eigenvalue weighted by Gasteiger charge is -2.12. The predicted molar refractivity (Wildman–Crippen MR) is 96.4 cm³/mol. The van der Waals surface area contributed by atoms with Gasteiger partial charge in [0.25, 0.3) is 12.3 Å². The Morgan fingerprint density at radius 2 is 1.70 bits per heavy atom. The fourth-order valence-corrected chi connectivity index (χ4v) is 2.72. The maximum atomic E-state index is 13.6. The molecule has 0 saturated heterocycles. The number of hydrogen-bond acceptors (Lipinski definition) is 3. The predicted octanol–water partition coefficient (Wildman–Crippen LogP) is 4.40. The second-order valence-corrected chi connectivity index (χ2v) is 6.11. The minimum atomic E-state index is -3.03. The highest BCUT2D eigenvalue weighted by molar-refractivity contribution is 6.09. The van der Waals surface area contributed by atoms with Crippen LogP contribution in [-0.2, 0) is 7.05 Å². The monoisotopic (exact) mass is 424 g/mol. The van der Waals surface area contributed by atoms with Gasteiger partial charge in [-0.05, 0) is 23.8 Å². The number of urea groups is 1. The van der Waals surface area contributed by atoms with Crippen molar-refractivity contribution in [2.45, 2.75) is 6.43 Å². The summed E-state index contributed by atoms with van der Waals surface area (Å²) in [5.41, 5.74) is -1.18. The van der Waals surface area contributed by atoms with Crippen molar-refractivity contribution in [3.63, 3.8) is 0 Å². The van der Waals surface area contributed by atoms with E-state index in [0.717, 1.165) is 23.0 Å². The van der Waals surface area contributed by atoms with Crippen LogP contribution in [0.15, 0.2) is 42.6 Å². The van der Waals surface area contributed by atoms with Crippen molar-refractivity contribution in [3.8, 4) is 11.1 Å². The first-order valence-electron chi connectivity index (χ1n) is 8.35. The molecule has 1 heterocycles. The van der Waals surface area contributed by atoms with Crippen LogP contribution in [0.1, 0.15) is 22.5 Å². The molecular formula is C19H13F5N4O2. The molecule has 11 heteroatoms. The lowest BCUT2D eigenvalue weighted by Crippen LogP contribution is -2.34. The zero-order valence-electron chi connectivity index (χ0n) is 15.2. The number of imide groups is 1. The molecule has 0 fully saturated rings. The minimum absolute atomic E-state index is 0.0356. The molecular weight excluding hydrogens is 411 g/mol. The number of carbonyl (C=O) groups excluding carboxylic acids is 2. The molecule has 156 valence electrons. The molecule has 0 unspecified atom stereocenters. The molecule has 2 N–H and O–H groups in total. The normalized spacial score (nSPS) is 10.9. The third kappa shape index (κ3) is 4.29. The van der Waals surface area contributed by atoms with Crippen LogP contribution in [0.2, 0.25) is 0 Å². The Morgan fingerprint density at radius 3 is 2.33 bits per heavy atom. The summed E-state index contributed by atoms with van der Waals surface area (Å²) in [7, 11) is 1.33. The number of para-hydroxylation sites is 1. The lowest BCUT2D eigenvalue weighted by molar-refractivity contribution is 0.0952. The number of rotatable bonds is 4. The SMILES string of the molecule is Cn1cc(C(=O)NC(=O)Nc2ccccc2-c2cc(F)c(F)c(F)c2)c(C(F)F)n1. The average molecular weight is 424 g/mol. The summed E-state index contributed by atoms with van der Waals surface area (Å²) in [4.78, 5) is 24.4. The van der Waals surface area contributed by atoms with Crippen LogP contribution in [-0.4, -0.2) is 21.7 Å². The maximum absolute atomic E-state index is 13.6. The van der Waals surface area contributed by atoms with Gasteiger partial charge < -0.3 is 5.32 Å². The number of benzene rings is 2. The molecule has 0 aliphatic heterocycles. The average Bonchev–Trinajstić information content (AvgIpc) is 3.08. The number of nitrogens with zero attached hydrogens (tertiary/aromatic N) is 2. The van der Waals surface area contributed by atoms with E-state index in [4.69, 9.17) is 0 Å². The standard InChI is InChI=1S/C19H13F5N4O2/c1-28-8-11(16(27-28)17(23)24)18(29)26-19(30)25-14-5-3-2-4-10(14)9-6-12(20)15(22)13(21)7-9/h2-8,17H,1H3,(H2,25,26,29,30). The number of carbonyl (C=O) groups is 2. The molecule has 0 bridgehead atoms. The zero-order valence-corrected chi connectivity index (χ0v) is 15.2. The van der Waals surface area contributed by atoms with Gasteiger partial charge in [-0.1, -0.05) is 18.2 Å². The molecule has 2 aromatic carbocycles. The summed E-state index contributed by atoms with van der Waals surface area (Å²) in [5.74, 6) is -5.60. The van der Waals surface area contributed by atoms with Gasteiger partial charge in [-0.15, -0.1) is 0 Å². The molecule has 3 rings (SSSR count). The minimum Gasteiger partial charge on any atom is -0.307 e. The van der Waals surface area contributed by atoms with Gasteiger partial charge in [-0.25, -0.2) is 26.7 Å². The van der Waals surface area contributed by atoms with Gasteiger partial charge in [0.1, 0.15) is 5.69 Å². The van der Waals surface area contributed by atoms with Crippen molar-refractivity contribution in [1.82, 2.24) is 15.1 Å². The van der Waals surface area contributed by atoms with Gasteiger partial charge in [-0.2, -0.15) is 5.10 Å². The number of anilines is 1. The van der Waals surface area contributed by atoms with Crippen LogP contribution >= 0.6 is 0 Å². The molecule has 1 aromatic heterocycles. The van der Waals surface area contributed by atoms with Gasteiger partial charge >= 0.3 is 6.03 Å². The Morgan fingerprint density at radius 1 is 1.07 bits per heavy atom. The van der Waals surface area contributed by atoms with Gasteiger partial charge in [-0.3, -0.25) is 14.8 Å². The lowest BCUT2D eigenvalue weighted by atomic mass is 10.0. The molecule has 0 atom stereocenters. The number of hydrogen-bond donors (Lipinski definition) is 2. The van der Waals surface area contributed by atoms with Gasteiger partial charge in [0.05, 0.1) is 11.3 Å². The summed E-state index contributed by atoms with van der Waals surface area (Å²) in [6.07, 6.45) is -2.00. The highest BCUT2D eigenvalue weighted by Gasteiger charge is 2.24. The number of alkyl halides is 2. The Kier molecular flexibility index (Phi) is 5.81.